The molecular weight excluding hydrogens is 410 g/mol. The van der Waals surface area contributed by atoms with Crippen LogP contribution in [0.2, 0.25) is 0 Å². The number of methoxy groups -OCH3 is 1. The van der Waals surface area contributed by atoms with E-state index in [2.05, 4.69) is 10.6 Å². The molecule has 1 heterocycles. The van der Waals surface area contributed by atoms with Gasteiger partial charge in [-0.1, -0.05) is 6.07 Å². The van der Waals surface area contributed by atoms with Crippen LogP contribution in [0.5, 0.6) is 0 Å². The van der Waals surface area contributed by atoms with Crippen LogP contribution < -0.4 is 10.6 Å². The van der Waals surface area contributed by atoms with Crippen LogP contribution in [-0.2, 0) is 28.8 Å². The van der Waals surface area contributed by atoms with E-state index in [4.69, 9.17) is 4.74 Å². The number of anilines is 1. The molecule has 8 heteroatoms. The van der Waals surface area contributed by atoms with Gasteiger partial charge in [-0.15, -0.1) is 11.3 Å². The maximum Gasteiger partial charge on any atom is 0.254 e. The molecule has 0 aliphatic heterocycles. The van der Waals surface area contributed by atoms with Gasteiger partial charge >= 0.3 is 0 Å². The topological polar surface area (TPSA) is 67.4 Å². The number of halogens is 2. The summed E-state index contributed by atoms with van der Waals surface area (Å²) in [6.45, 7) is 1.07. The Morgan fingerprint density at radius 2 is 1.97 bits per heavy atom. The fourth-order valence-corrected chi connectivity index (χ4v) is 4.85. The molecule has 162 valence electrons. The van der Waals surface area contributed by atoms with Gasteiger partial charge in [-0.3, -0.25) is 9.59 Å². The van der Waals surface area contributed by atoms with Crippen molar-refractivity contribution in [1.82, 2.24) is 5.32 Å². The minimum Gasteiger partial charge on any atom is -0.385 e. The highest BCUT2D eigenvalue weighted by Crippen LogP contribution is 2.38. The molecule has 2 amide bonds. The van der Waals surface area contributed by atoms with E-state index in [1.807, 2.05) is 0 Å². The fraction of sp³-hybridized carbons (Fsp3) is 0.455. The third-order valence-corrected chi connectivity index (χ3v) is 6.29. The van der Waals surface area contributed by atoms with Crippen molar-refractivity contribution in [3.8, 4) is 0 Å². The van der Waals surface area contributed by atoms with Crippen molar-refractivity contribution in [3.63, 3.8) is 0 Å². The average molecular weight is 437 g/mol. The summed E-state index contributed by atoms with van der Waals surface area (Å²) in [5.41, 5.74) is 2.14. The number of hydrogen-bond donors (Lipinski definition) is 2. The number of benzene rings is 1. The van der Waals surface area contributed by atoms with Crippen LogP contribution in [0.3, 0.4) is 0 Å². The number of amides is 2. The zero-order valence-electron chi connectivity index (χ0n) is 17.0. The highest BCUT2D eigenvalue weighted by atomic mass is 32.1. The number of rotatable bonds is 9. The van der Waals surface area contributed by atoms with E-state index in [0.717, 1.165) is 48.3 Å². The molecule has 1 aliphatic carbocycles. The van der Waals surface area contributed by atoms with Crippen LogP contribution in [-0.4, -0.2) is 32.1 Å². The number of aryl methyl sites for hydroxylation is 2. The Bertz CT molecular complexity index is 914. The zero-order chi connectivity index (χ0) is 21.5. The minimum atomic E-state index is -0.925. The first-order valence-corrected chi connectivity index (χ1v) is 11.0. The Balaban J connectivity index is 1.67. The maximum absolute atomic E-state index is 13.3. The Hall–Kier alpha value is -2.32. The molecule has 0 atom stereocenters. The van der Waals surface area contributed by atoms with Crippen LogP contribution in [0.4, 0.5) is 13.8 Å². The van der Waals surface area contributed by atoms with Crippen LogP contribution in [0.1, 0.15) is 52.0 Å². The molecule has 1 aromatic carbocycles. The van der Waals surface area contributed by atoms with Crippen molar-refractivity contribution in [2.24, 2.45) is 0 Å². The summed E-state index contributed by atoms with van der Waals surface area (Å²) >= 11 is 1.46. The lowest BCUT2D eigenvalue weighted by Gasteiger charge is -2.13. The number of carbonyl (C=O) groups excluding carboxylic acids is 2. The van der Waals surface area contributed by atoms with Crippen LogP contribution >= 0.6 is 11.3 Å². The molecule has 2 N–H and O–H groups in total. The molecule has 3 rings (SSSR count). The first kappa shape index (κ1) is 22.4. The summed E-state index contributed by atoms with van der Waals surface area (Å²) < 4.78 is 31.4. The highest BCUT2D eigenvalue weighted by molar-refractivity contribution is 7.17. The Morgan fingerprint density at radius 3 is 2.73 bits per heavy atom. The monoisotopic (exact) mass is 436 g/mol. The summed E-state index contributed by atoms with van der Waals surface area (Å²) in [6.07, 6.45) is 4.95. The van der Waals surface area contributed by atoms with Crippen LogP contribution in [0.15, 0.2) is 18.2 Å². The first-order chi connectivity index (χ1) is 14.5. The van der Waals surface area contributed by atoms with Gasteiger partial charge in [0.15, 0.2) is 11.6 Å². The zero-order valence-corrected chi connectivity index (χ0v) is 17.8. The molecule has 0 saturated carbocycles. The Morgan fingerprint density at radius 1 is 1.17 bits per heavy atom. The Labute approximate surface area is 178 Å². The van der Waals surface area contributed by atoms with Gasteiger partial charge in [-0.2, -0.15) is 0 Å². The first-order valence-electron chi connectivity index (χ1n) is 10.1. The quantitative estimate of drug-likeness (QED) is 0.578. The maximum atomic E-state index is 13.3. The van der Waals surface area contributed by atoms with Crippen LogP contribution in [0, 0.1) is 11.6 Å². The van der Waals surface area contributed by atoms with E-state index in [1.165, 1.54) is 17.4 Å². The standard InChI is InChI=1S/C22H26F2N2O3S/c1-29-12-4-11-25-21(28)20-15-5-2-3-6-18(15)30-22(20)26-19(27)10-8-14-7-9-16(23)17(24)13-14/h7,9,13H,2-6,8,10-12H2,1H3,(H,25,28)(H,26,27). The lowest BCUT2D eigenvalue weighted by Crippen LogP contribution is -2.27. The van der Waals surface area contributed by atoms with Crippen LogP contribution in [0.25, 0.3) is 0 Å². The Kier molecular flexibility index (Phi) is 7.93. The molecule has 1 aromatic heterocycles. The second-order valence-corrected chi connectivity index (χ2v) is 8.42. The summed E-state index contributed by atoms with van der Waals surface area (Å²) in [5.74, 6) is -2.27. The average Bonchev–Trinajstić information content (AvgIpc) is 3.09. The van der Waals surface area contributed by atoms with E-state index >= 15 is 0 Å². The van der Waals surface area contributed by atoms with E-state index in [-0.39, 0.29) is 24.7 Å². The third-order valence-electron chi connectivity index (χ3n) is 5.09. The molecule has 0 radical (unpaired) electrons. The van der Waals surface area contributed by atoms with Gasteiger partial charge in [0.25, 0.3) is 5.91 Å². The molecule has 1 aliphatic rings. The largest absolute Gasteiger partial charge is 0.385 e. The highest BCUT2D eigenvalue weighted by Gasteiger charge is 2.26. The van der Waals surface area contributed by atoms with E-state index in [9.17, 15) is 18.4 Å². The smallest absolute Gasteiger partial charge is 0.254 e. The predicted molar refractivity (Wildman–Crippen MR) is 113 cm³/mol. The van der Waals surface area contributed by atoms with Gasteiger partial charge in [0.2, 0.25) is 5.91 Å². The number of carbonyl (C=O) groups is 2. The molecule has 0 fully saturated rings. The SMILES string of the molecule is COCCCNC(=O)c1c(NC(=O)CCc2ccc(F)c(F)c2)sc2c1CCCC2. The van der Waals surface area contributed by atoms with Gasteiger partial charge < -0.3 is 15.4 Å². The second-order valence-electron chi connectivity index (χ2n) is 7.31. The molecule has 0 spiro atoms. The molecule has 2 aromatic rings. The summed E-state index contributed by atoms with van der Waals surface area (Å²) in [5, 5.41) is 6.36. The molecule has 0 bridgehead atoms. The predicted octanol–water partition coefficient (Wildman–Crippen LogP) is 4.24. The number of hydrogen-bond acceptors (Lipinski definition) is 4. The van der Waals surface area contributed by atoms with Crippen molar-refractivity contribution < 1.29 is 23.1 Å². The van der Waals surface area contributed by atoms with Crippen molar-refractivity contribution in [2.45, 2.75) is 44.9 Å². The molecule has 0 saturated heterocycles. The minimum absolute atomic E-state index is 0.114. The third kappa shape index (κ3) is 5.64. The van der Waals surface area contributed by atoms with Gasteiger partial charge in [-0.25, -0.2) is 8.78 Å². The van der Waals surface area contributed by atoms with Crippen molar-refractivity contribution in [1.29, 1.82) is 0 Å². The number of ether oxygens (including phenoxy) is 1. The van der Waals surface area contributed by atoms with Gasteiger partial charge in [0.1, 0.15) is 5.00 Å². The lowest BCUT2D eigenvalue weighted by atomic mass is 9.95. The van der Waals surface area contributed by atoms with Crippen molar-refractivity contribution >= 4 is 28.2 Å². The van der Waals surface area contributed by atoms with Crippen molar-refractivity contribution in [2.75, 3.05) is 25.6 Å². The fourth-order valence-electron chi connectivity index (χ4n) is 3.54. The summed E-state index contributed by atoms with van der Waals surface area (Å²) in [6, 6.07) is 3.63. The molecule has 0 unspecified atom stereocenters. The summed E-state index contributed by atoms with van der Waals surface area (Å²) in [4.78, 5) is 26.5. The van der Waals surface area contributed by atoms with Gasteiger partial charge in [0.05, 0.1) is 5.56 Å². The number of thiophene rings is 1. The molecule has 30 heavy (non-hydrogen) atoms. The van der Waals surface area contributed by atoms with E-state index < -0.39 is 11.6 Å². The normalized spacial score (nSPS) is 13.0. The van der Waals surface area contributed by atoms with Gasteiger partial charge in [0, 0.05) is 31.6 Å². The van der Waals surface area contributed by atoms with Gasteiger partial charge in [-0.05, 0) is 61.8 Å². The van der Waals surface area contributed by atoms with Crippen molar-refractivity contribution in [3.05, 3.63) is 51.4 Å². The molecule has 5 nitrogen and oxygen atoms in total. The van der Waals surface area contributed by atoms with E-state index in [0.29, 0.717) is 35.7 Å². The number of nitrogens with one attached hydrogen (secondary N) is 2. The lowest BCUT2D eigenvalue weighted by molar-refractivity contribution is -0.116. The second kappa shape index (κ2) is 10.6. The van der Waals surface area contributed by atoms with E-state index in [1.54, 1.807) is 7.11 Å². The number of fused-ring (bicyclic) bond motifs is 1. The molecular formula is C22H26F2N2O3S. The summed E-state index contributed by atoms with van der Waals surface area (Å²) in [7, 11) is 1.62.